The maximum atomic E-state index is 13.8. The normalized spacial score (nSPS) is 10.7. The molecular formula is C15H18FN3O4. The number of ketones is 1. The number of aryl methyl sites for hydroxylation is 3. The number of hydrogen-bond acceptors (Lipinski definition) is 5. The highest BCUT2D eigenvalue weighted by Gasteiger charge is 2.23. The highest BCUT2D eigenvalue weighted by atomic mass is 19.1. The van der Waals surface area contributed by atoms with Crippen LogP contribution < -0.4 is 4.74 Å². The number of Topliss-reactive ketones (excluding diaryl/α,β-unsaturated/α-hetero) is 1. The van der Waals surface area contributed by atoms with Crippen molar-refractivity contribution in [3.05, 3.63) is 34.0 Å². The SMILES string of the molecule is COC(=O)c1c(C)[nH]c(C(=O)COc2c(F)c(C)nn2C)c1C. The first-order valence-electron chi connectivity index (χ1n) is 6.90. The van der Waals surface area contributed by atoms with Crippen molar-refractivity contribution < 1.29 is 23.5 Å². The molecule has 2 aromatic rings. The van der Waals surface area contributed by atoms with E-state index >= 15 is 0 Å². The van der Waals surface area contributed by atoms with Crippen molar-refractivity contribution in [2.75, 3.05) is 13.7 Å². The van der Waals surface area contributed by atoms with E-state index in [4.69, 9.17) is 9.47 Å². The van der Waals surface area contributed by atoms with Crippen LogP contribution in [0.4, 0.5) is 4.39 Å². The quantitative estimate of drug-likeness (QED) is 0.670. The fourth-order valence-corrected chi connectivity index (χ4v) is 2.41. The highest BCUT2D eigenvalue weighted by molar-refractivity contribution is 6.02. The van der Waals surface area contributed by atoms with Crippen LogP contribution in [0.5, 0.6) is 5.88 Å². The number of nitrogens with zero attached hydrogens (tertiary/aromatic N) is 2. The number of esters is 1. The standard InChI is InChI=1S/C15H18FN3O4/c1-7-11(15(21)22-5)8(2)17-13(7)10(20)6-23-14-12(16)9(3)18-19(14)4/h17H,6H2,1-5H3. The zero-order valence-corrected chi connectivity index (χ0v) is 13.6. The van der Waals surface area contributed by atoms with Gasteiger partial charge in [0.1, 0.15) is 0 Å². The fourth-order valence-electron chi connectivity index (χ4n) is 2.41. The number of hydrogen-bond donors (Lipinski definition) is 1. The number of ether oxygens (including phenoxy) is 2. The van der Waals surface area contributed by atoms with Crippen LogP contribution in [0.1, 0.15) is 37.8 Å². The van der Waals surface area contributed by atoms with Crippen LogP contribution in [-0.2, 0) is 11.8 Å². The summed E-state index contributed by atoms with van der Waals surface area (Å²) in [5.74, 6) is -1.64. The van der Waals surface area contributed by atoms with Crippen molar-refractivity contribution in [2.24, 2.45) is 7.05 Å². The van der Waals surface area contributed by atoms with Gasteiger partial charge < -0.3 is 14.5 Å². The average molecular weight is 323 g/mol. The Balaban J connectivity index is 2.20. The third-order valence-electron chi connectivity index (χ3n) is 3.55. The monoisotopic (exact) mass is 323 g/mol. The topological polar surface area (TPSA) is 86.2 Å². The van der Waals surface area contributed by atoms with Crippen molar-refractivity contribution in [3.8, 4) is 5.88 Å². The van der Waals surface area contributed by atoms with E-state index in [9.17, 15) is 14.0 Å². The lowest BCUT2D eigenvalue weighted by Crippen LogP contribution is -2.15. The van der Waals surface area contributed by atoms with Gasteiger partial charge in [-0.2, -0.15) is 9.49 Å². The Morgan fingerprint density at radius 1 is 1.30 bits per heavy atom. The van der Waals surface area contributed by atoms with Crippen LogP contribution in [0, 0.1) is 26.6 Å². The van der Waals surface area contributed by atoms with E-state index in [1.54, 1.807) is 13.8 Å². The summed E-state index contributed by atoms with van der Waals surface area (Å²) in [7, 11) is 2.79. The molecule has 0 fully saturated rings. The molecule has 1 N–H and O–H groups in total. The lowest BCUT2D eigenvalue weighted by atomic mass is 10.1. The van der Waals surface area contributed by atoms with Crippen LogP contribution in [0.2, 0.25) is 0 Å². The molecule has 0 aromatic carbocycles. The van der Waals surface area contributed by atoms with Crippen LogP contribution in [0.25, 0.3) is 0 Å². The van der Waals surface area contributed by atoms with Gasteiger partial charge in [-0.25, -0.2) is 9.48 Å². The molecule has 0 bridgehead atoms. The second-order valence-electron chi connectivity index (χ2n) is 5.16. The van der Waals surface area contributed by atoms with Gasteiger partial charge in [-0.3, -0.25) is 4.79 Å². The lowest BCUT2D eigenvalue weighted by molar-refractivity contribution is 0.0599. The van der Waals surface area contributed by atoms with Gasteiger partial charge in [0.05, 0.1) is 24.1 Å². The Labute approximate surface area is 132 Å². The molecule has 0 amide bonds. The second-order valence-corrected chi connectivity index (χ2v) is 5.16. The number of aromatic nitrogens is 3. The number of carbonyl (C=O) groups is 2. The highest BCUT2D eigenvalue weighted by Crippen LogP contribution is 2.21. The van der Waals surface area contributed by atoms with Gasteiger partial charge in [-0.05, 0) is 26.3 Å². The van der Waals surface area contributed by atoms with E-state index in [0.717, 1.165) is 0 Å². The molecule has 2 aromatic heterocycles. The van der Waals surface area contributed by atoms with Gasteiger partial charge in [0.15, 0.2) is 6.61 Å². The Morgan fingerprint density at radius 3 is 2.48 bits per heavy atom. The average Bonchev–Trinajstić information content (AvgIpc) is 2.93. The van der Waals surface area contributed by atoms with Gasteiger partial charge in [-0.15, -0.1) is 0 Å². The predicted octanol–water partition coefficient (Wildman–Crippen LogP) is 1.86. The zero-order valence-electron chi connectivity index (χ0n) is 13.6. The summed E-state index contributed by atoms with van der Waals surface area (Å²) < 4.78 is 24.9. The number of methoxy groups -OCH3 is 1. The van der Waals surface area contributed by atoms with Crippen LogP contribution in [0.3, 0.4) is 0 Å². The van der Waals surface area contributed by atoms with Gasteiger partial charge >= 0.3 is 5.97 Å². The third-order valence-corrected chi connectivity index (χ3v) is 3.55. The smallest absolute Gasteiger partial charge is 0.339 e. The van der Waals surface area contributed by atoms with Crippen LogP contribution >= 0.6 is 0 Å². The minimum atomic E-state index is -0.602. The summed E-state index contributed by atoms with van der Waals surface area (Å²) in [6, 6.07) is 0. The molecule has 2 heterocycles. The molecule has 0 saturated heterocycles. The van der Waals surface area contributed by atoms with E-state index in [2.05, 4.69) is 10.1 Å². The number of H-pyrrole nitrogens is 1. The molecule has 0 aliphatic rings. The molecular weight excluding hydrogens is 305 g/mol. The molecule has 8 heteroatoms. The summed E-state index contributed by atoms with van der Waals surface area (Å²) in [6.07, 6.45) is 0. The molecule has 0 spiro atoms. The Morgan fingerprint density at radius 2 is 1.96 bits per heavy atom. The molecule has 124 valence electrons. The van der Waals surface area contributed by atoms with Gasteiger partial charge in [0.2, 0.25) is 17.5 Å². The Kier molecular flexibility index (Phi) is 4.53. The predicted molar refractivity (Wildman–Crippen MR) is 79.3 cm³/mol. The third kappa shape index (κ3) is 2.96. The lowest BCUT2D eigenvalue weighted by Gasteiger charge is -2.05. The summed E-state index contributed by atoms with van der Waals surface area (Å²) in [5.41, 5.74) is 1.75. The minimum Gasteiger partial charge on any atom is -0.467 e. The number of carbonyl (C=O) groups excluding carboxylic acids is 2. The van der Waals surface area contributed by atoms with Crippen molar-refractivity contribution in [1.29, 1.82) is 0 Å². The van der Waals surface area contributed by atoms with Crippen molar-refractivity contribution >= 4 is 11.8 Å². The maximum absolute atomic E-state index is 13.8. The van der Waals surface area contributed by atoms with Crippen LogP contribution in [-0.4, -0.2) is 40.2 Å². The molecule has 7 nitrogen and oxygen atoms in total. The molecule has 0 aliphatic carbocycles. The van der Waals surface area contributed by atoms with Crippen molar-refractivity contribution in [1.82, 2.24) is 14.8 Å². The zero-order chi connectivity index (χ0) is 17.3. The number of nitrogens with one attached hydrogen (secondary N) is 1. The molecule has 0 saturated carbocycles. The molecule has 0 radical (unpaired) electrons. The Bertz CT molecular complexity index is 776. The second kappa shape index (κ2) is 6.23. The number of aromatic amines is 1. The van der Waals surface area contributed by atoms with Crippen molar-refractivity contribution in [3.63, 3.8) is 0 Å². The van der Waals surface area contributed by atoms with E-state index < -0.39 is 17.6 Å². The van der Waals surface area contributed by atoms with Crippen molar-refractivity contribution in [2.45, 2.75) is 20.8 Å². The summed E-state index contributed by atoms with van der Waals surface area (Å²) in [6.45, 7) is 4.43. The maximum Gasteiger partial charge on any atom is 0.339 e. The summed E-state index contributed by atoms with van der Waals surface area (Å²) in [4.78, 5) is 26.9. The molecule has 0 atom stereocenters. The fraction of sp³-hybridized carbons (Fsp3) is 0.400. The van der Waals surface area contributed by atoms with Gasteiger partial charge in [-0.1, -0.05) is 0 Å². The first kappa shape index (κ1) is 16.7. The Hall–Kier alpha value is -2.64. The summed E-state index contributed by atoms with van der Waals surface area (Å²) >= 11 is 0. The molecule has 0 aliphatic heterocycles. The van der Waals surface area contributed by atoms with E-state index in [-0.39, 0.29) is 23.9 Å². The van der Waals surface area contributed by atoms with E-state index in [0.29, 0.717) is 16.8 Å². The first-order valence-corrected chi connectivity index (χ1v) is 6.90. The van der Waals surface area contributed by atoms with Crippen LogP contribution in [0.15, 0.2) is 0 Å². The summed E-state index contributed by atoms with van der Waals surface area (Å²) in [5, 5.41) is 3.87. The van der Waals surface area contributed by atoms with Gasteiger partial charge in [0, 0.05) is 12.7 Å². The first-order chi connectivity index (χ1) is 10.8. The number of rotatable bonds is 5. The molecule has 2 rings (SSSR count). The largest absolute Gasteiger partial charge is 0.467 e. The van der Waals surface area contributed by atoms with Gasteiger partial charge in [0.25, 0.3) is 0 Å². The molecule has 0 unspecified atom stereocenters. The van der Waals surface area contributed by atoms with E-state index in [1.165, 1.54) is 25.8 Å². The number of halogens is 1. The molecule has 23 heavy (non-hydrogen) atoms. The minimum absolute atomic E-state index is 0.107. The van der Waals surface area contributed by atoms with E-state index in [1.807, 2.05) is 0 Å².